The van der Waals surface area contributed by atoms with Crippen molar-refractivity contribution < 1.29 is 4.74 Å². The maximum atomic E-state index is 5.14. The summed E-state index contributed by atoms with van der Waals surface area (Å²) < 4.78 is 8.37. The second kappa shape index (κ2) is 5.47. The smallest absolute Gasteiger partial charge is 0.135 e. The average Bonchev–Trinajstić information content (AvgIpc) is 2.78. The van der Waals surface area contributed by atoms with E-state index < -0.39 is 0 Å². The van der Waals surface area contributed by atoms with E-state index in [-0.39, 0.29) is 6.04 Å². The molecule has 0 amide bonds. The lowest BCUT2D eigenvalue weighted by Gasteiger charge is -2.16. The number of halogens is 1. The van der Waals surface area contributed by atoms with Crippen molar-refractivity contribution >= 4 is 15.9 Å². The van der Waals surface area contributed by atoms with Gasteiger partial charge in [0.25, 0.3) is 0 Å². The van der Waals surface area contributed by atoms with Crippen molar-refractivity contribution in [1.82, 2.24) is 9.55 Å². The molecular weight excluding hydrogens is 280 g/mol. The molecule has 0 aliphatic carbocycles. The van der Waals surface area contributed by atoms with E-state index in [4.69, 9.17) is 4.74 Å². The van der Waals surface area contributed by atoms with E-state index in [9.17, 15) is 0 Å². The minimum atomic E-state index is 0.260. The van der Waals surface area contributed by atoms with E-state index in [0.29, 0.717) is 6.61 Å². The van der Waals surface area contributed by atoms with E-state index in [1.54, 1.807) is 7.11 Å². The quantitative estimate of drug-likeness (QED) is 0.864. The van der Waals surface area contributed by atoms with Crippen molar-refractivity contribution in [3.8, 4) is 0 Å². The Kier molecular flexibility index (Phi) is 3.97. The van der Waals surface area contributed by atoms with Gasteiger partial charge in [0.2, 0.25) is 0 Å². The molecule has 0 bridgehead atoms. The summed E-state index contributed by atoms with van der Waals surface area (Å²) >= 11 is 3.44. The molecule has 1 unspecified atom stereocenters. The highest BCUT2D eigenvalue weighted by Gasteiger charge is 2.11. The van der Waals surface area contributed by atoms with Crippen LogP contribution in [0, 0.1) is 0 Å². The van der Waals surface area contributed by atoms with E-state index in [0.717, 1.165) is 10.3 Å². The molecule has 1 atom stereocenters. The van der Waals surface area contributed by atoms with E-state index >= 15 is 0 Å². The number of aromatic nitrogens is 2. The highest BCUT2D eigenvalue weighted by atomic mass is 79.9. The molecule has 0 fully saturated rings. The van der Waals surface area contributed by atoms with Gasteiger partial charge in [-0.2, -0.15) is 0 Å². The predicted octanol–water partition coefficient (Wildman–Crippen LogP) is 3.40. The standard InChI is InChI=1S/C13H15BrN2O/c1-10(11-3-5-12(14)6-4-11)16-8-7-15-13(16)9-17-2/h3-8,10H,9H2,1-2H3. The lowest BCUT2D eigenvalue weighted by molar-refractivity contribution is 0.173. The summed E-state index contributed by atoms with van der Waals surface area (Å²) in [6.45, 7) is 2.69. The van der Waals surface area contributed by atoms with Gasteiger partial charge < -0.3 is 9.30 Å². The summed E-state index contributed by atoms with van der Waals surface area (Å²) in [5.41, 5.74) is 1.25. The molecule has 0 saturated carbocycles. The number of hydrogen-bond donors (Lipinski definition) is 0. The van der Waals surface area contributed by atoms with Crippen molar-refractivity contribution in [2.45, 2.75) is 19.6 Å². The summed E-state index contributed by atoms with van der Waals surface area (Å²) in [6.07, 6.45) is 3.80. The van der Waals surface area contributed by atoms with Gasteiger partial charge in [-0.05, 0) is 24.6 Å². The summed E-state index contributed by atoms with van der Waals surface area (Å²) in [5.74, 6) is 0.947. The van der Waals surface area contributed by atoms with Gasteiger partial charge in [0.15, 0.2) is 0 Å². The molecule has 1 heterocycles. The second-order valence-corrected chi connectivity index (χ2v) is 4.83. The highest BCUT2D eigenvalue weighted by Crippen LogP contribution is 2.21. The minimum absolute atomic E-state index is 0.260. The first-order chi connectivity index (χ1) is 8.22. The van der Waals surface area contributed by atoms with Crippen LogP contribution >= 0.6 is 15.9 Å². The second-order valence-electron chi connectivity index (χ2n) is 3.91. The fraction of sp³-hybridized carbons (Fsp3) is 0.308. The molecule has 0 saturated heterocycles. The number of ether oxygens (including phenoxy) is 1. The monoisotopic (exact) mass is 294 g/mol. The fourth-order valence-electron chi connectivity index (χ4n) is 1.84. The Morgan fingerprint density at radius 2 is 2.06 bits per heavy atom. The van der Waals surface area contributed by atoms with Gasteiger partial charge >= 0.3 is 0 Å². The number of imidazole rings is 1. The Hall–Kier alpha value is -1.13. The lowest BCUT2D eigenvalue weighted by atomic mass is 10.1. The van der Waals surface area contributed by atoms with E-state index in [1.807, 2.05) is 12.4 Å². The molecule has 0 aliphatic heterocycles. The lowest BCUT2D eigenvalue weighted by Crippen LogP contribution is -2.10. The van der Waals surface area contributed by atoms with Crippen LogP contribution in [-0.4, -0.2) is 16.7 Å². The molecule has 0 aliphatic rings. The van der Waals surface area contributed by atoms with Crippen molar-refractivity contribution in [3.63, 3.8) is 0 Å². The fourth-order valence-corrected chi connectivity index (χ4v) is 2.10. The number of rotatable bonds is 4. The molecule has 2 aromatic rings. The van der Waals surface area contributed by atoms with Crippen LogP contribution in [0.2, 0.25) is 0 Å². The Bertz CT molecular complexity index is 478. The molecule has 0 N–H and O–H groups in total. The van der Waals surface area contributed by atoms with E-state index in [1.165, 1.54) is 5.56 Å². The SMILES string of the molecule is COCc1nccn1C(C)c1ccc(Br)cc1. The topological polar surface area (TPSA) is 27.1 Å². The van der Waals surface area contributed by atoms with Gasteiger partial charge in [0.1, 0.15) is 12.4 Å². The van der Waals surface area contributed by atoms with Gasteiger partial charge in [-0.3, -0.25) is 0 Å². The van der Waals surface area contributed by atoms with Crippen LogP contribution in [0.5, 0.6) is 0 Å². The molecule has 1 aromatic carbocycles. The van der Waals surface area contributed by atoms with Crippen LogP contribution in [0.25, 0.3) is 0 Å². The maximum absolute atomic E-state index is 5.14. The summed E-state index contributed by atoms with van der Waals surface area (Å²) in [7, 11) is 1.68. The zero-order chi connectivity index (χ0) is 12.3. The third-order valence-electron chi connectivity index (χ3n) is 2.79. The zero-order valence-corrected chi connectivity index (χ0v) is 11.5. The van der Waals surface area contributed by atoms with Crippen LogP contribution in [0.1, 0.15) is 24.4 Å². The predicted molar refractivity (Wildman–Crippen MR) is 70.9 cm³/mol. The molecule has 0 radical (unpaired) electrons. The Balaban J connectivity index is 2.26. The first-order valence-corrected chi connectivity index (χ1v) is 6.27. The molecule has 4 heteroatoms. The van der Waals surface area contributed by atoms with Gasteiger partial charge in [-0.1, -0.05) is 28.1 Å². The summed E-state index contributed by atoms with van der Waals surface area (Å²) in [6, 6.07) is 8.60. The van der Waals surface area contributed by atoms with Crippen molar-refractivity contribution in [1.29, 1.82) is 0 Å². The number of hydrogen-bond acceptors (Lipinski definition) is 2. The highest BCUT2D eigenvalue weighted by molar-refractivity contribution is 9.10. The molecule has 17 heavy (non-hydrogen) atoms. The first-order valence-electron chi connectivity index (χ1n) is 5.48. The van der Waals surface area contributed by atoms with Gasteiger partial charge in [0.05, 0.1) is 6.04 Å². The Morgan fingerprint density at radius 1 is 1.35 bits per heavy atom. The number of methoxy groups -OCH3 is 1. The zero-order valence-electron chi connectivity index (χ0n) is 9.93. The van der Waals surface area contributed by atoms with Crippen LogP contribution in [-0.2, 0) is 11.3 Å². The molecule has 2 rings (SSSR count). The molecule has 3 nitrogen and oxygen atoms in total. The normalized spacial score (nSPS) is 12.6. The Morgan fingerprint density at radius 3 is 2.71 bits per heavy atom. The number of benzene rings is 1. The number of nitrogens with zero attached hydrogens (tertiary/aromatic N) is 2. The Labute approximate surface area is 110 Å². The molecule has 90 valence electrons. The van der Waals surface area contributed by atoms with E-state index in [2.05, 4.69) is 56.7 Å². The largest absolute Gasteiger partial charge is 0.377 e. The molecular formula is C13H15BrN2O. The van der Waals surface area contributed by atoms with Gasteiger partial charge in [-0.25, -0.2) is 4.98 Å². The average molecular weight is 295 g/mol. The van der Waals surface area contributed by atoms with Crippen LogP contribution in [0.4, 0.5) is 0 Å². The van der Waals surface area contributed by atoms with Gasteiger partial charge in [-0.15, -0.1) is 0 Å². The van der Waals surface area contributed by atoms with Crippen molar-refractivity contribution in [2.75, 3.05) is 7.11 Å². The molecule has 0 spiro atoms. The van der Waals surface area contributed by atoms with Crippen molar-refractivity contribution in [3.05, 3.63) is 52.5 Å². The van der Waals surface area contributed by atoms with Crippen molar-refractivity contribution in [2.24, 2.45) is 0 Å². The van der Waals surface area contributed by atoms with Crippen LogP contribution in [0.3, 0.4) is 0 Å². The summed E-state index contributed by atoms with van der Waals surface area (Å²) in [4.78, 5) is 4.30. The molecule has 1 aromatic heterocycles. The maximum Gasteiger partial charge on any atom is 0.135 e. The van der Waals surface area contributed by atoms with Crippen LogP contribution < -0.4 is 0 Å². The van der Waals surface area contributed by atoms with Gasteiger partial charge in [0, 0.05) is 24.0 Å². The third kappa shape index (κ3) is 2.76. The summed E-state index contributed by atoms with van der Waals surface area (Å²) in [5, 5.41) is 0. The minimum Gasteiger partial charge on any atom is -0.377 e. The first kappa shape index (κ1) is 12.3. The third-order valence-corrected chi connectivity index (χ3v) is 3.32. The van der Waals surface area contributed by atoms with Crippen LogP contribution in [0.15, 0.2) is 41.1 Å².